The van der Waals surface area contributed by atoms with Crippen molar-refractivity contribution in [1.82, 2.24) is 5.32 Å². The van der Waals surface area contributed by atoms with Gasteiger partial charge in [-0.15, -0.1) is 0 Å². The Kier molecular flexibility index (Phi) is 5.92. The summed E-state index contributed by atoms with van der Waals surface area (Å²) in [6.45, 7) is 2.49. The van der Waals surface area contributed by atoms with E-state index in [2.05, 4.69) is 41.7 Å². The van der Waals surface area contributed by atoms with Crippen LogP contribution in [0, 0.1) is 0 Å². The molecule has 0 amide bonds. The van der Waals surface area contributed by atoms with Gasteiger partial charge in [-0.05, 0) is 43.0 Å². The van der Waals surface area contributed by atoms with E-state index in [1.165, 1.54) is 18.4 Å². The number of nitrogens with one attached hydrogen (secondary N) is 1. The van der Waals surface area contributed by atoms with E-state index < -0.39 is 0 Å². The third-order valence-electron chi connectivity index (χ3n) is 3.23. The lowest BCUT2D eigenvalue weighted by atomic mass is 10.1. The van der Waals surface area contributed by atoms with E-state index in [1.54, 1.807) is 7.11 Å². The van der Waals surface area contributed by atoms with Crippen LogP contribution in [0.4, 0.5) is 0 Å². The fraction of sp³-hybridized carbons (Fsp3) is 0.500. The highest BCUT2D eigenvalue weighted by atomic mass is 16.5. The van der Waals surface area contributed by atoms with Gasteiger partial charge in [0.25, 0.3) is 0 Å². The molecule has 0 fully saturated rings. The van der Waals surface area contributed by atoms with Crippen LogP contribution in [-0.4, -0.2) is 26.4 Å². The molecule has 1 aliphatic carbocycles. The minimum absolute atomic E-state index is 0.249. The van der Waals surface area contributed by atoms with Gasteiger partial charge in [-0.2, -0.15) is 0 Å². The molecule has 3 nitrogen and oxygen atoms in total. The first-order chi connectivity index (χ1) is 9.38. The van der Waals surface area contributed by atoms with Crippen molar-refractivity contribution in [3.63, 3.8) is 0 Å². The summed E-state index contributed by atoms with van der Waals surface area (Å²) in [5, 5.41) is 3.33. The SMILES string of the molecule is COCCNCc1ccc(OC2C=CCCC2)cc1. The van der Waals surface area contributed by atoms with E-state index in [4.69, 9.17) is 9.47 Å². The number of allylic oxidation sites excluding steroid dienone is 1. The standard InChI is InChI=1S/C16H23NO2/c1-18-12-11-17-13-14-7-9-16(10-8-14)19-15-5-3-2-4-6-15/h3,5,7-10,15,17H,2,4,6,11-13H2,1H3. The van der Waals surface area contributed by atoms with Crippen molar-refractivity contribution in [1.29, 1.82) is 0 Å². The molecule has 0 aliphatic heterocycles. The lowest BCUT2D eigenvalue weighted by Gasteiger charge is -2.18. The Morgan fingerprint density at radius 2 is 2.11 bits per heavy atom. The average Bonchev–Trinajstić information content (AvgIpc) is 2.46. The molecule has 19 heavy (non-hydrogen) atoms. The van der Waals surface area contributed by atoms with Gasteiger partial charge in [0, 0.05) is 20.2 Å². The van der Waals surface area contributed by atoms with Crippen molar-refractivity contribution >= 4 is 0 Å². The molecular weight excluding hydrogens is 238 g/mol. The van der Waals surface area contributed by atoms with Crippen LogP contribution in [-0.2, 0) is 11.3 Å². The van der Waals surface area contributed by atoms with Gasteiger partial charge in [0.15, 0.2) is 0 Å². The number of hydrogen-bond donors (Lipinski definition) is 1. The number of rotatable bonds is 7. The maximum absolute atomic E-state index is 5.93. The predicted octanol–water partition coefficient (Wildman–Crippen LogP) is 2.91. The zero-order chi connectivity index (χ0) is 13.3. The van der Waals surface area contributed by atoms with E-state index >= 15 is 0 Å². The molecule has 1 unspecified atom stereocenters. The first kappa shape index (κ1) is 14.1. The lowest BCUT2D eigenvalue weighted by molar-refractivity contribution is 0.199. The smallest absolute Gasteiger partial charge is 0.120 e. The Morgan fingerprint density at radius 3 is 2.79 bits per heavy atom. The summed E-state index contributed by atoms with van der Waals surface area (Å²) in [7, 11) is 1.72. The molecule has 0 saturated carbocycles. The lowest BCUT2D eigenvalue weighted by Crippen LogP contribution is -2.18. The zero-order valence-electron chi connectivity index (χ0n) is 11.6. The highest BCUT2D eigenvalue weighted by molar-refractivity contribution is 5.27. The zero-order valence-corrected chi connectivity index (χ0v) is 11.6. The van der Waals surface area contributed by atoms with Crippen LogP contribution in [0.25, 0.3) is 0 Å². The van der Waals surface area contributed by atoms with Crippen molar-refractivity contribution < 1.29 is 9.47 Å². The monoisotopic (exact) mass is 261 g/mol. The van der Waals surface area contributed by atoms with Gasteiger partial charge in [-0.25, -0.2) is 0 Å². The van der Waals surface area contributed by atoms with Gasteiger partial charge < -0.3 is 14.8 Å². The molecular formula is C16H23NO2. The van der Waals surface area contributed by atoms with E-state index in [-0.39, 0.29) is 6.10 Å². The average molecular weight is 261 g/mol. The Balaban J connectivity index is 1.77. The number of methoxy groups -OCH3 is 1. The van der Waals surface area contributed by atoms with Gasteiger partial charge in [0.1, 0.15) is 11.9 Å². The first-order valence-corrected chi connectivity index (χ1v) is 7.00. The summed E-state index contributed by atoms with van der Waals surface area (Å²) in [6, 6.07) is 8.33. The van der Waals surface area contributed by atoms with E-state index in [9.17, 15) is 0 Å². The second-order valence-electron chi connectivity index (χ2n) is 4.83. The first-order valence-electron chi connectivity index (χ1n) is 7.00. The minimum atomic E-state index is 0.249. The molecule has 0 radical (unpaired) electrons. The molecule has 1 aromatic rings. The fourth-order valence-electron chi connectivity index (χ4n) is 2.15. The topological polar surface area (TPSA) is 30.5 Å². The van der Waals surface area contributed by atoms with Crippen LogP contribution >= 0.6 is 0 Å². The molecule has 1 aromatic carbocycles. The predicted molar refractivity (Wildman–Crippen MR) is 77.4 cm³/mol. The number of benzene rings is 1. The minimum Gasteiger partial charge on any atom is -0.486 e. The third kappa shape index (κ3) is 5.05. The molecule has 0 spiro atoms. The molecule has 3 heteroatoms. The number of ether oxygens (including phenoxy) is 2. The largest absolute Gasteiger partial charge is 0.486 e. The summed E-state index contributed by atoms with van der Waals surface area (Å²) in [6.07, 6.45) is 8.16. The Bertz CT molecular complexity index is 386. The van der Waals surface area contributed by atoms with Crippen molar-refractivity contribution in [2.24, 2.45) is 0 Å². The molecule has 0 heterocycles. The Morgan fingerprint density at radius 1 is 1.26 bits per heavy atom. The molecule has 0 aromatic heterocycles. The molecule has 1 atom stereocenters. The van der Waals surface area contributed by atoms with Gasteiger partial charge in [-0.3, -0.25) is 0 Å². The van der Waals surface area contributed by atoms with Crippen LogP contribution < -0.4 is 10.1 Å². The second kappa shape index (κ2) is 7.97. The summed E-state index contributed by atoms with van der Waals surface area (Å²) in [5.74, 6) is 0.956. The molecule has 1 N–H and O–H groups in total. The fourth-order valence-corrected chi connectivity index (χ4v) is 2.15. The molecule has 0 bridgehead atoms. The normalized spacial score (nSPS) is 18.5. The summed E-state index contributed by atoms with van der Waals surface area (Å²) in [5.41, 5.74) is 1.27. The van der Waals surface area contributed by atoms with Crippen LogP contribution in [0.5, 0.6) is 5.75 Å². The maximum Gasteiger partial charge on any atom is 0.120 e. The molecule has 2 rings (SSSR count). The van der Waals surface area contributed by atoms with Crippen molar-refractivity contribution in [3.05, 3.63) is 42.0 Å². The van der Waals surface area contributed by atoms with E-state index in [1.807, 2.05) is 0 Å². The van der Waals surface area contributed by atoms with Gasteiger partial charge in [0.2, 0.25) is 0 Å². The Hall–Kier alpha value is -1.32. The quantitative estimate of drug-likeness (QED) is 0.604. The third-order valence-corrected chi connectivity index (χ3v) is 3.23. The van der Waals surface area contributed by atoms with Crippen molar-refractivity contribution in [3.8, 4) is 5.75 Å². The van der Waals surface area contributed by atoms with Crippen molar-refractivity contribution in [2.45, 2.75) is 31.9 Å². The van der Waals surface area contributed by atoms with Gasteiger partial charge in [0.05, 0.1) is 6.61 Å². The summed E-state index contributed by atoms with van der Waals surface area (Å²) < 4.78 is 10.9. The maximum atomic E-state index is 5.93. The second-order valence-corrected chi connectivity index (χ2v) is 4.83. The van der Waals surface area contributed by atoms with Gasteiger partial charge in [-0.1, -0.05) is 18.2 Å². The van der Waals surface area contributed by atoms with Crippen molar-refractivity contribution in [2.75, 3.05) is 20.3 Å². The molecule has 1 aliphatic rings. The summed E-state index contributed by atoms with van der Waals surface area (Å²) >= 11 is 0. The summed E-state index contributed by atoms with van der Waals surface area (Å²) in [4.78, 5) is 0. The van der Waals surface area contributed by atoms with Gasteiger partial charge >= 0.3 is 0 Å². The van der Waals surface area contributed by atoms with E-state index in [0.29, 0.717) is 0 Å². The molecule has 0 saturated heterocycles. The Labute approximate surface area is 115 Å². The van der Waals surface area contributed by atoms with Crippen LogP contribution in [0.2, 0.25) is 0 Å². The highest BCUT2D eigenvalue weighted by Crippen LogP contribution is 2.19. The van der Waals surface area contributed by atoms with Crippen LogP contribution in [0.1, 0.15) is 24.8 Å². The molecule has 104 valence electrons. The highest BCUT2D eigenvalue weighted by Gasteiger charge is 2.09. The van der Waals surface area contributed by atoms with E-state index in [0.717, 1.165) is 31.9 Å². The number of hydrogen-bond acceptors (Lipinski definition) is 3. The van der Waals surface area contributed by atoms with Crippen LogP contribution in [0.3, 0.4) is 0 Å². The van der Waals surface area contributed by atoms with Crippen LogP contribution in [0.15, 0.2) is 36.4 Å².